The lowest BCUT2D eigenvalue weighted by Crippen LogP contribution is -2.05. The molecule has 0 unspecified atom stereocenters. The zero-order valence-electron chi connectivity index (χ0n) is 15.3. The van der Waals surface area contributed by atoms with Crippen LogP contribution < -0.4 is 10.1 Å². The lowest BCUT2D eigenvalue weighted by Gasteiger charge is -2.05. The summed E-state index contributed by atoms with van der Waals surface area (Å²) in [7, 11) is 1.69. The first kappa shape index (κ1) is 22.0. The monoisotopic (exact) mass is 433 g/mol. The Labute approximate surface area is 180 Å². The molecule has 0 saturated heterocycles. The first-order chi connectivity index (χ1) is 12.8. The van der Waals surface area contributed by atoms with Crippen molar-refractivity contribution >= 4 is 51.5 Å². The molecule has 0 aliphatic rings. The molecule has 7 heteroatoms. The number of anilines is 1. The lowest BCUT2D eigenvalue weighted by molar-refractivity contribution is 0.419. The molecule has 0 aliphatic carbocycles. The molecule has 0 fully saturated rings. The Morgan fingerprint density at radius 1 is 0.964 bits per heavy atom. The van der Waals surface area contributed by atoms with Crippen LogP contribution in [0.1, 0.15) is 5.69 Å². The van der Waals surface area contributed by atoms with E-state index >= 15 is 0 Å². The molecule has 0 atom stereocenters. The van der Waals surface area contributed by atoms with Crippen molar-refractivity contribution < 1.29 is 4.74 Å². The second kappa shape index (κ2) is 10.3. The molecule has 4 rings (SSSR count). The Bertz CT molecular complexity index is 1010. The second-order valence-corrected chi connectivity index (χ2v) is 6.88. The zero-order valence-corrected chi connectivity index (χ0v) is 17.7. The summed E-state index contributed by atoms with van der Waals surface area (Å²) in [6, 6.07) is 20.5. The van der Waals surface area contributed by atoms with Crippen LogP contribution in [0.4, 0.5) is 5.13 Å². The molecule has 146 valence electrons. The molecule has 1 N–H and O–H groups in total. The van der Waals surface area contributed by atoms with Gasteiger partial charge in [0, 0.05) is 30.4 Å². The summed E-state index contributed by atoms with van der Waals surface area (Å²) in [6.07, 6.45) is 2.68. The number of methoxy groups -OCH3 is 1. The van der Waals surface area contributed by atoms with Gasteiger partial charge in [-0.25, -0.2) is 4.98 Å². The summed E-state index contributed by atoms with van der Waals surface area (Å²) in [6.45, 7) is 0.791. The van der Waals surface area contributed by atoms with Crippen molar-refractivity contribution in [3.8, 4) is 16.9 Å². The van der Waals surface area contributed by atoms with Crippen molar-refractivity contribution in [2.24, 2.45) is 0 Å². The number of thiazole rings is 1. The van der Waals surface area contributed by atoms with E-state index in [9.17, 15) is 0 Å². The number of hydrogen-bond donors (Lipinski definition) is 1. The molecular formula is C21H21Cl2N3OS. The van der Waals surface area contributed by atoms with Gasteiger partial charge in [0.05, 0.1) is 11.8 Å². The highest BCUT2D eigenvalue weighted by Crippen LogP contribution is 2.39. The van der Waals surface area contributed by atoms with Crippen LogP contribution in [0.5, 0.6) is 5.75 Å². The van der Waals surface area contributed by atoms with E-state index in [4.69, 9.17) is 9.72 Å². The maximum absolute atomic E-state index is 5.51. The van der Waals surface area contributed by atoms with Crippen LogP contribution in [0.15, 0.2) is 66.9 Å². The third-order valence-corrected chi connectivity index (χ3v) is 5.24. The zero-order chi connectivity index (χ0) is 17.8. The highest BCUT2D eigenvalue weighted by molar-refractivity contribution is 7.22. The molecule has 0 radical (unpaired) electrons. The third kappa shape index (κ3) is 4.73. The minimum Gasteiger partial charge on any atom is -0.494 e. The highest BCUT2D eigenvalue weighted by Gasteiger charge is 2.14. The molecular weight excluding hydrogens is 413 g/mol. The van der Waals surface area contributed by atoms with E-state index in [1.165, 1.54) is 11.1 Å². The van der Waals surface area contributed by atoms with Gasteiger partial charge in [0.2, 0.25) is 0 Å². The van der Waals surface area contributed by atoms with Gasteiger partial charge < -0.3 is 10.1 Å². The molecule has 0 saturated carbocycles. The molecule has 2 aromatic carbocycles. The van der Waals surface area contributed by atoms with Crippen molar-refractivity contribution in [2.75, 3.05) is 19.0 Å². The largest absolute Gasteiger partial charge is 0.494 e. The number of benzene rings is 2. The van der Waals surface area contributed by atoms with Gasteiger partial charge in [0.1, 0.15) is 11.3 Å². The minimum atomic E-state index is 0. The van der Waals surface area contributed by atoms with E-state index < -0.39 is 0 Å². The Balaban J connectivity index is 0.00000140. The quantitative estimate of drug-likeness (QED) is 0.413. The number of hydrogen-bond acceptors (Lipinski definition) is 5. The van der Waals surface area contributed by atoms with Crippen LogP contribution in [-0.4, -0.2) is 23.6 Å². The number of halogens is 2. The van der Waals surface area contributed by atoms with Gasteiger partial charge in [-0.15, -0.1) is 24.8 Å². The van der Waals surface area contributed by atoms with Crippen molar-refractivity contribution in [3.05, 3.63) is 72.6 Å². The van der Waals surface area contributed by atoms with E-state index in [1.54, 1.807) is 18.4 Å². The van der Waals surface area contributed by atoms with Crippen LogP contribution in [0.3, 0.4) is 0 Å². The van der Waals surface area contributed by atoms with E-state index in [2.05, 4.69) is 40.6 Å². The molecule has 2 aromatic heterocycles. The van der Waals surface area contributed by atoms with Crippen LogP contribution in [-0.2, 0) is 6.42 Å². The van der Waals surface area contributed by atoms with Crippen LogP contribution >= 0.6 is 36.2 Å². The SMILES string of the molecule is COc1ccc(-c2ccccc2)c2sc(NCCc3ccccn3)nc12.Cl.Cl. The molecule has 0 bridgehead atoms. The minimum absolute atomic E-state index is 0. The number of aromatic nitrogens is 2. The van der Waals surface area contributed by atoms with Crippen molar-refractivity contribution in [2.45, 2.75) is 6.42 Å². The van der Waals surface area contributed by atoms with Gasteiger partial charge in [-0.05, 0) is 29.8 Å². The van der Waals surface area contributed by atoms with Gasteiger partial charge in [-0.2, -0.15) is 0 Å². The smallest absolute Gasteiger partial charge is 0.183 e. The topological polar surface area (TPSA) is 47.0 Å². The average Bonchev–Trinajstić information content (AvgIpc) is 3.13. The number of pyridine rings is 1. The summed E-state index contributed by atoms with van der Waals surface area (Å²) in [5.41, 5.74) is 4.34. The van der Waals surface area contributed by atoms with Crippen LogP contribution in [0, 0.1) is 0 Å². The standard InChI is InChI=1S/C21H19N3OS.2ClH/c1-25-18-11-10-17(15-7-3-2-4-8-15)20-19(18)24-21(26-20)23-14-12-16-9-5-6-13-22-16;;/h2-11,13H,12,14H2,1H3,(H,23,24);2*1H. The Morgan fingerprint density at radius 3 is 2.46 bits per heavy atom. The van der Waals surface area contributed by atoms with E-state index in [0.717, 1.165) is 39.8 Å². The first-order valence-electron chi connectivity index (χ1n) is 8.52. The highest BCUT2D eigenvalue weighted by atomic mass is 35.5. The Morgan fingerprint density at radius 2 is 1.75 bits per heavy atom. The fraction of sp³-hybridized carbons (Fsp3) is 0.143. The summed E-state index contributed by atoms with van der Waals surface area (Å²) in [5.74, 6) is 0.800. The second-order valence-electron chi connectivity index (χ2n) is 5.88. The van der Waals surface area contributed by atoms with Crippen LogP contribution in [0.25, 0.3) is 21.3 Å². The van der Waals surface area contributed by atoms with E-state index in [-0.39, 0.29) is 24.8 Å². The lowest BCUT2D eigenvalue weighted by atomic mass is 10.1. The summed E-state index contributed by atoms with van der Waals surface area (Å²) in [5, 5.41) is 4.32. The van der Waals surface area contributed by atoms with Gasteiger partial charge in [-0.3, -0.25) is 4.98 Å². The average molecular weight is 434 g/mol. The van der Waals surface area contributed by atoms with Gasteiger partial charge in [0.15, 0.2) is 5.13 Å². The fourth-order valence-electron chi connectivity index (χ4n) is 2.91. The Kier molecular flexibility index (Phi) is 8.05. The number of nitrogens with zero attached hydrogens (tertiary/aromatic N) is 2. The third-order valence-electron chi connectivity index (χ3n) is 4.19. The molecule has 4 nitrogen and oxygen atoms in total. The van der Waals surface area contributed by atoms with E-state index in [0.29, 0.717) is 0 Å². The van der Waals surface area contributed by atoms with Gasteiger partial charge in [0.25, 0.3) is 0 Å². The maximum Gasteiger partial charge on any atom is 0.183 e. The summed E-state index contributed by atoms with van der Waals surface area (Å²) >= 11 is 1.66. The number of nitrogens with one attached hydrogen (secondary N) is 1. The predicted molar refractivity (Wildman–Crippen MR) is 123 cm³/mol. The number of fused-ring (bicyclic) bond motifs is 1. The number of ether oxygens (including phenoxy) is 1. The van der Waals surface area contributed by atoms with Gasteiger partial charge in [-0.1, -0.05) is 47.7 Å². The fourth-order valence-corrected chi connectivity index (χ4v) is 3.96. The van der Waals surface area contributed by atoms with Crippen LogP contribution in [0.2, 0.25) is 0 Å². The first-order valence-corrected chi connectivity index (χ1v) is 9.33. The molecule has 28 heavy (non-hydrogen) atoms. The van der Waals surface area contributed by atoms with Crippen molar-refractivity contribution in [1.82, 2.24) is 9.97 Å². The predicted octanol–water partition coefficient (Wildman–Crippen LogP) is 5.87. The molecule has 0 amide bonds. The normalized spacial score (nSPS) is 10.0. The van der Waals surface area contributed by atoms with Crippen molar-refractivity contribution in [1.29, 1.82) is 0 Å². The molecule has 0 spiro atoms. The maximum atomic E-state index is 5.51. The molecule has 2 heterocycles. The van der Waals surface area contributed by atoms with E-state index in [1.807, 2.05) is 36.5 Å². The molecule has 4 aromatic rings. The van der Waals surface area contributed by atoms with Gasteiger partial charge >= 0.3 is 0 Å². The Hall–Kier alpha value is -2.34. The summed E-state index contributed by atoms with van der Waals surface area (Å²) in [4.78, 5) is 9.12. The van der Waals surface area contributed by atoms with Crippen molar-refractivity contribution in [3.63, 3.8) is 0 Å². The molecule has 0 aliphatic heterocycles. The number of rotatable bonds is 6. The summed E-state index contributed by atoms with van der Waals surface area (Å²) < 4.78 is 6.65.